The molecule has 9 nitrogen and oxygen atoms in total. The average molecular weight is 448 g/mol. The number of aliphatic hydroxyl groups is 7. The summed E-state index contributed by atoms with van der Waals surface area (Å²) in [5.41, 5.74) is 1.18. The molecule has 9 heteroatoms. The predicted octanol–water partition coefficient (Wildman–Crippen LogP) is -2.51. The second kappa shape index (κ2) is 10.7. The van der Waals surface area contributed by atoms with E-state index in [1.165, 1.54) is 0 Å². The van der Waals surface area contributed by atoms with Crippen LogP contribution in [0.15, 0.2) is 24.3 Å². The topological polar surface area (TPSA) is 160 Å². The van der Waals surface area contributed by atoms with E-state index in [9.17, 15) is 35.7 Å². The Morgan fingerprint density at radius 3 is 1.47 bits per heavy atom. The minimum atomic E-state index is -1.48. The molecule has 0 aromatic heterocycles. The van der Waals surface area contributed by atoms with E-state index in [0.29, 0.717) is 17.5 Å². The lowest BCUT2D eigenvalue weighted by molar-refractivity contribution is -0.214. The second-order valence-corrected chi connectivity index (χ2v) is 7.84. The Kier molecular flexibility index (Phi) is 8.26. The van der Waals surface area contributed by atoms with Gasteiger partial charge in [-0.2, -0.15) is 0 Å². The van der Waals surface area contributed by atoms with Crippen molar-refractivity contribution in [1.82, 2.24) is 0 Å². The van der Waals surface area contributed by atoms with E-state index in [-0.39, 0.29) is 0 Å². The van der Waals surface area contributed by atoms with Crippen molar-refractivity contribution in [3.05, 3.63) is 35.4 Å². The molecule has 0 saturated carbocycles. The lowest BCUT2D eigenvalue weighted by Crippen LogP contribution is -2.58. The molecule has 7 N–H and O–H groups in total. The van der Waals surface area contributed by atoms with Gasteiger partial charge in [0.1, 0.15) is 54.9 Å². The summed E-state index contributed by atoms with van der Waals surface area (Å²) in [4.78, 5) is 0. The molecule has 2 heterocycles. The average Bonchev–Trinajstić information content (AvgIpc) is 2.81. The summed E-state index contributed by atoms with van der Waals surface area (Å²) in [6.45, 7) is 1.28. The number of hydrogen-bond donors (Lipinski definition) is 7. The molecule has 2 aliphatic heterocycles. The molecule has 2 aliphatic rings. The summed E-state index contributed by atoms with van der Waals surface area (Å²) < 4.78 is 10.9. The highest BCUT2D eigenvalue weighted by Gasteiger charge is 2.43. The van der Waals surface area contributed by atoms with Crippen molar-refractivity contribution in [2.24, 2.45) is 0 Å². The van der Waals surface area contributed by atoms with Crippen LogP contribution in [0.2, 0.25) is 0 Å². The SMILES string of the molecule is CC[C@H]1O[C@H](C#Cc2ccc(C#C[C@H]3O[C@H](CO)[C@@H](O)[C@H](O)[C@@H]3O)cc2)[C@@H](O)[C@@H](O)[C@@H]1O. The maximum absolute atomic E-state index is 10.1. The highest BCUT2D eigenvalue weighted by molar-refractivity contribution is 5.43. The zero-order valence-electron chi connectivity index (χ0n) is 17.4. The normalized spacial score (nSPS) is 39.4. The van der Waals surface area contributed by atoms with Crippen molar-refractivity contribution < 1.29 is 45.2 Å². The maximum Gasteiger partial charge on any atom is 0.147 e. The maximum atomic E-state index is 10.1. The zero-order chi connectivity index (χ0) is 23.4. The lowest BCUT2D eigenvalue weighted by Gasteiger charge is -2.38. The first-order chi connectivity index (χ1) is 15.3. The lowest BCUT2D eigenvalue weighted by atomic mass is 9.94. The quantitative estimate of drug-likeness (QED) is 0.243. The van der Waals surface area contributed by atoms with Crippen LogP contribution in [0.25, 0.3) is 0 Å². The third-order valence-corrected chi connectivity index (χ3v) is 5.61. The van der Waals surface area contributed by atoms with Gasteiger partial charge < -0.3 is 45.2 Å². The fourth-order valence-electron chi connectivity index (χ4n) is 3.57. The molecule has 32 heavy (non-hydrogen) atoms. The van der Waals surface area contributed by atoms with Crippen LogP contribution in [0.5, 0.6) is 0 Å². The van der Waals surface area contributed by atoms with Crippen LogP contribution in [0.1, 0.15) is 24.5 Å². The molecule has 10 atom stereocenters. The standard InChI is InChI=1S/C23H28O9/c1-2-14-18(25)22(29)19(26)15(31-14)9-7-12-3-5-13(6-4-12)8-10-16-20(27)23(30)21(28)17(11-24)32-16/h3-6,14-30H,2,11H2,1H3/t14-,15-,16-,17-,18-,19-,20-,21-,22+,23-/m1/s1. The van der Waals surface area contributed by atoms with Gasteiger partial charge in [0.2, 0.25) is 0 Å². The molecule has 0 spiro atoms. The third-order valence-electron chi connectivity index (χ3n) is 5.61. The minimum Gasteiger partial charge on any atom is -0.394 e. The van der Waals surface area contributed by atoms with Gasteiger partial charge in [0.25, 0.3) is 0 Å². The molecule has 2 fully saturated rings. The highest BCUT2D eigenvalue weighted by Crippen LogP contribution is 2.23. The van der Waals surface area contributed by atoms with Crippen LogP contribution in [-0.4, -0.2) is 103 Å². The highest BCUT2D eigenvalue weighted by atomic mass is 16.5. The van der Waals surface area contributed by atoms with Gasteiger partial charge in [-0.05, 0) is 30.7 Å². The van der Waals surface area contributed by atoms with Crippen molar-refractivity contribution in [2.45, 2.75) is 74.4 Å². The Morgan fingerprint density at radius 2 is 1.06 bits per heavy atom. The molecule has 0 aliphatic carbocycles. The zero-order valence-corrected chi connectivity index (χ0v) is 17.4. The Hall–Kier alpha value is -2.02. The van der Waals surface area contributed by atoms with E-state index < -0.39 is 67.6 Å². The molecular weight excluding hydrogens is 420 g/mol. The smallest absolute Gasteiger partial charge is 0.147 e. The molecule has 1 aromatic rings. The molecular formula is C23H28O9. The fraction of sp³-hybridized carbons (Fsp3) is 0.565. The van der Waals surface area contributed by atoms with Gasteiger partial charge in [-0.3, -0.25) is 0 Å². The largest absolute Gasteiger partial charge is 0.394 e. The van der Waals surface area contributed by atoms with Crippen LogP contribution in [0.4, 0.5) is 0 Å². The molecule has 0 amide bonds. The Balaban J connectivity index is 1.67. The number of rotatable bonds is 2. The van der Waals surface area contributed by atoms with Crippen LogP contribution in [0, 0.1) is 23.7 Å². The molecule has 174 valence electrons. The van der Waals surface area contributed by atoms with Crippen molar-refractivity contribution in [2.75, 3.05) is 6.61 Å². The van der Waals surface area contributed by atoms with Crippen LogP contribution < -0.4 is 0 Å². The van der Waals surface area contributed by atoms with Gasteiger partial charge in [-0.15, -0.1) is 0 Å². The first-order valence-corrected chi connectivity index (χ1v) is 10.4. The number of ether oxygens (including phenoxy) is 2. The monoisotopic (exact) mass is 448 g/mol. The Morgan fingerprint density at radius 1 is 0.656 bits per heavy atom. The van der Waals surface area contributed by atoms with Gasteiger partial charge in [-0.1, -0.05) is 30.6 Å². The summed E-state index contributed by atoms with van der Waals surface area (Å²) in [6, 6.07) is 6.71. The molecule has 2 saturated heterocycles. The first kappa shape index (κ1) is 24.6. The van der Waals surface area contributed by atoms with Crippen LogP contribution in [0.3, 0.4) is 0 Å². The second-order valence-electron chi connectivity index (χ2n) is 7.84. The molecule has 0 unspecified atom stereocenters. The first-order valence-electron chi connectivity index (χ1n) is 10.4. The van der Waals surface area contributed by atoms with Gasteiger partial charge in [0, 0.05) is 11.1 Å². The van der Waals surface area contributed by atoms with Crippen LogP contribution in [-0.2, 0) is 9.47 Å². The molecule has 0 bridgehead atoms. The number of benzene rings is 1. The van der Waals surface area contributed by atoms with Crippen molar-refractivity contribution in [3.8, 4) is 23.7 Å². The van der Waals surface area contributed by atoms with Gasteiger partial charge >= 0.3 is 0 Å². The van der Waals surface area contributed by atoms with E-state index in [0.717, 1.165) is 0 Å². The number of aliphatic hydroxyl groups excluding tert-OH is 7. The molecule has 0 radical (unpaired) electrons. The molecule has 3 rings (SSSR count). The van der Waals surface area contributed by atoms with Crippen molar-refractivity contribution >= 4 is 0 Å². The summed E-state index contributed by atoms with van der Waals surface area (Å²) in [5.74, 6) is 11.1. The van der Waals surface area contributed by atoms with Crippen molar-refractivity contribution in [3.63, 3.8) is 0 Å². The van der Waals surface area contributed by atoms with E-state index in [2.05, 4.69) is 23.7 Å². The van der Waals surface area contributed by atoms with Gasteiger partial charge in [0.15, 0.2) is 0 Å². The summed E-state index contributed by atoms with van der Waals surface area (Å²) in [5, 5.41) is 68.8. The van der Waals surface area contributed by atoms with Gasteiger partial charge in [0.05, 0.1) is 12.7 Å². The van der Waals surface area contributed by atoms with E-state index in [1.54, 1.807) is 31.2 Å². The third kappa shape index (κ3) is 5.30. The van der Waals surface area contributed by atoms with E-state index in [1.807, 2.05) is 0 Å². The predicted molar refractivity (Wildman–Crippen MR) is 111 cm³/mol. The molecule has 1 aromatic carbocycles. The summed E-state index contributed by atoms with van der Waals surface area (Å²) >= 11 is 0. The Labute approximate surface area is 185 Å². The number of hydrogen-bond acceptors (Lipinski definition) is 9. The summed E-state index contributed by atoms with van der Waals surface area (Å²) in [7, 11) is 0. The fourth-order valence-corrected chi connectivity index (χ4v) is 3.57. The van der Waals surface area contributed by atoms with Gasteiger partial charge in [-0.25, -0.2) is 0 Å². The van der Waals surface area contributed by atoms with Crippen LogP contribution >= 0.6 is 0 Å². The van der Waals surface area contributed by atoms with E-state index in [4.69, 9.17) is 9.47 Å². The summed E-state index contributed by atoms with van der Waals surface area (Å²) in [6.07, 6.45) is -11.4. The minimum absolute atomic E-state index is 0.463. The Bertz CT molecular complexity index is 804. The van der Waals surface area contributed by atoms with Crippen molar-refractivity contribution in [1.29, 1.82) is 0 Å². The van der Waals surface area contributed by atoms with E-state index >= 15 is 0 Å².